The van der Waals surface area contributed by atoms with Crippen molar-refractivity contribution < 1.29 is 40.3 Å². The molecule has 2 heterocycles. The van der Waals surface area contributed by atoms with E-state index in [1.54, 1.807) is 19.1 Å². The van der Waals surface area contributed by atoms with Crippen LogP contribution < -0.4 is 10.1 Å². The van der Waals surface area contributed by atoms with Gasteiger partial charge < -0.3 is 10.1 Å². The van der Waals surface area contributed by atoms with E-state index in [2.05, 4.69) is 20.6 Å². The Bertz CT molecular complexity index is 1340. The van der Waals surface area contributed by atoms with Crippen LogP contribution in [0.3, 0.4) is 0 Å². The minimum Gasteiger partial charge on any atom is -0.493 e. The molecule has 0 saturated carbocycles. The van der Waals surface area contributed by atoms with E-state index in [1.165, 1.54) is 12.1 Å². The average molecular weight is 543 g/mol. The van der Waals surface area contributed by atoms with E-state index in [0.717, 1.165) is 17.7 Å². The highest BCUT2D eigenvalue weighted by molar-refractivity contribution is 6.27. The highest BCUT2D eigenvalue weighted by Crippen LogP contribution is 2.50. The summed E-state index contributed by atoms with van der Waals surface area (Å²) in [6, 6.07) is 8.79. The zero-order valence-corrected chi connectivity index (χ0v) is 19.7. The molecule has 0 aliphatic carbocycles. The van der Waals surface area contributed by atoms with Gasteiger partial charge in [-0.3, -0.25) is 4.79 Å². The fraction of sp³-hybridized carbons (Fsp3) is 0.333. The Kier molecular flexibility index (Phi) is 7.17. The molecule has 0 saturated heterocycles. The van der Waals surface area contributed by atoms with Crippen molar-refractivity contribution in [1.82, 2.24) is 25.9 Å². The predicted molar refractivity (Wildman–Crippen MR) is 120 cm³/mol. The molecule has 1 amide bonds. The Labute approximate surface area is 211 Å². The van der Waals surface area contributed by atoms with Crippen LogP contribution in [0.1, 0.15) is 41.8 Å². The molecule has 1 aromatic heterocycles. The first kappa shape index (κ1) is 27.1. The average Bonchev–Trinajstić information content (AvgIpc) is 3.35. The van der Waals surface area contributed by atoms with Crippen LogP contribution in [0.2, 0.25) is 0 Å². The number of tetrazole rings is 1. The number of carbonyl (C=O) groups excluding carboxylic acids is 1. The molecule has 1 unspecified atom stereocenters. The van der Waals surface area contributed by atoms with E-state index in [1.807, 2.05) is 5.32 Å². The highest BCUT2D eigenvalue weighted by atomic mass is 19.4. The number of aromatic nitrogens is 4. The van der Waals surface area contributed by atoms with Gasteiger partial charge in [0, 0.05) is 24.5 Å². The van der Waals surface area contributed by atoms with E-state index in [0.29, 0.717) is 6.07 Å². The van der Waals surface area contributed by atoms with Crippen molar-refractivity contribution in [2.24, 2.45) is 0 Å². The summed E-state index contributed by atoms with van der Waals surface area (Å²) in [6.07, 6.45) is -12.0. The van der Waals surface area contributed by atoms with Gasteiger partial charge in [-0.2, -0.15) is 31.6 Å². The van der Waals surface area contributed by atoms with Crippen LogP contribution in [0, 0.1) is 12.7 Å². The molecule has 14 heteroatoms. The van der Waals surface area contributed by atoms with Gasteiger partial charge >= 0.3 is 12.4 Å². The monoisotopic (exact) mass is 543 g/mol. The molecule has 7 nitrogen and oxygen atoms in total. The van der Waals surface area contributed by atoms with Gasteiger partial charge in [-0.15, -0.1) is 10.2 Å². The molecular formula is C24H20F7N5O2. The van der Waals surface area contributed by atoms with E-state index >= 15 is 4.39 Å². The summed E-state index contributed by atoms with van der Waals surface area (Å²) in [7, 11) is 0. The lowest BCUT2D eigenvalue weighted by Gasteiger charge is -2.41. The summed E-state index contributed by atoms with van der Waals surface area (Å²) >= 11 is 0. The first-order chi connectivity index (χ1) is 17.8. The van der Waals surface area contributed by atoms with Gasteiger partial charge in [0.05, 0.1) is 12.2 Å². The molecule has 0 spiro atoms. The Balaban J connectivity index is 1.76. The molecule has 38 heavy (non-hydrogen) atoms. The number of ether oxygens (including phenoxy) is 1. The van der Waals surface area contributed by atoms with Gasteiger partial charge in [-0.05, 0) is 41.8 Å². The number of alkyl halides is 6. The standard InChI is InChI=1S/C24H20F7N5O2/c1-13-3-5-14(6-4-13)16-12-22(24(29,30)31,32-21(37)19(16)20-33-35-36-34-20)17-8-7-15(11-18(17)25)38-10-2-9-23(26,27)28/h3-8,11H,2,9-10,12H2,1H3,(H,32,37)(H,33,34,35,36). The van der Waals surface area contributed by atoms with E-state index < -0.39 is 61.0 Å². The van der Waals surface area contributed by atoms with E-state index in [9.17, 15) is 31.1 Å². The van der Waals surface area contributed by atoms with E-state index in [4.69, 9.17) is 4.74 Å². The third-order valence-corrected chi connectivity index (χ3v) is 6.02. The number of aromatic amines is 1. The lowest BCUT2D eigenvalue weighted by Crippen LogP contribution is -2.59. The number of benzene rings is 2. The van der Waals surface area contributed by atoms with Gasteiger partial charge in [-0.25, -0.2) is 4.39 Å². The van der Waals surface area contributed by atoms with Crippen molar-refractivity contribution in [2.75, 3.05) is 6.61 Å². The number of halogens is 7. The first-order valence-corrected chi connectivity index (χ1v) is 11.2. The Morgan fingerprint density at radius 3 is 2.34 bits per heavy atom. The molecule has 202 valence electrons. The van der Waals surface area contributed by atoms with Crippen molar-refractivity contribution in [3.8, 4) is 5.75 Å². The third-order valence-electron chi connectivity index (χ3n) is 6.02. The number of rotatable bonds is 7. The van der Waals surface area contributed by atoms with E-state index in [-0.39, 0.29) is 28.3 Å². The molecule has 0 bridgehead atoms. The van der Waals surface area contributed by atoms with Crippen LogP contribution >= 0.6 is 0 Å². The molecule has 1 aliphatic heterocycles. The summed E-state index contributed by atoms with van der Waals surface area (Å²) in [5.74, 6) is -3.05. The van der Waals surface area contributed by atoms with Crippen LogP contribution in [0.15, 0.2) is 42.5 Å². The summed E-state index contributed by atoms with van der Waals surface area (Å²) in [5.41, 5.74) is -3.33. The zero-order valence-electron chi connectivity index (χ0n) is 19.7. The minimum atomic E-state index is -5.17. The first-order valence-electron chi connectivity index (χ1n) is 11.2. The summed E-state index contributed by atoms with van der Waals surface area (Å²) in [5, 5.41) is 14.9. The van der Waals surface area contributed by atoms with Gasteiger partial charge in [0.1, 0.15) is 11.6 Å². The zero-order chi connectivity index (χ0) is 27.7. The fourth-order valence-electron chi connectivity index (χ4n) is 4.18. The number of amides is 1. The number of carbonyl (C=O) groups is 1. The summed E-state index contributed by atoms with van der Waals surface area (Å²) in [4.78, 5) is 13.2. The molecule has 3 aromatic rings. The van der Waals surface area contributed by atoms with Crippen LogP contribution in [0.5, 0.6) is 5.75 Å². The summed E-state index contributed by atoms with van der Waals surface area (Å²) < 4.78 is 101. The predicted octanol–water partition coefficient (Wildman–Crippen LogP) is 5.26. The van der Waals surface area contributed by atoms with Crippen molar-refractivity contribution in [1.29, 1.82) is 0 Å². The lowest BCUT2D eigenvalue weighted by atomic mass is 9.76. The molecule has 0 fully saturated rings. The van der Waals surface area contributed by atoms with Crippen LogP contribution in [0.4, 0.5) is 30.7 Å². The molecule has 1 aliphatic rings. The van der Waals surface area contributed by atoms with Gasteiger partial charge in [0.2, 0.25) is 5.82 Å². The smallest absolute Gasteiger partial charge is 0.416 e. The fourth-order valence-corrected chi connectivity index (χ4v) is 4.18. The molecule has 0 radical (unpaired) electrons. The minimum absolute atomic E-state index is 0.0839. The van der Waals surface area contributed by atoms with Crippen LogP contribution in [-0.2, 0) is 10.3 Å². The number of hydrogen-bond donors (Lipinski definition) is 2. The second-order valence-electron chi connectivity index (χ2n) is 8.70. The molecule has 4 rings (SSSR count). The topological polar surface area (TPSA) is 92.8 Å². The molecular weight excluding hydrogens is 523 g/mol. The summed E-state index contributed by atoms with van der Waals surface area (Å²) in [6.45, 7) is 1.35. The van der Waals surface area contributed by atoms with Crippen LogP contribution in [0.25, 0.3) is 11.1 Å². The van der Waals surface area contributed by atoms with Crippen molar-refractivity contribution in [3.63, 3.8) is 0 Å². The van der Waals surface area contributed by atoms with Gasteiger partial charge in [0.25, 0.3) is 5.91 Å². The lowest BCUT2D eigenvalue weighted by molar-refractivity contribution is -0.202. The van der Waals surface area contributed by atoms with Crippen molar-refractivity contribution in [3.05, 3.63) is 70.8 Å². The normalized spacial score (nSPS) is 18.5. The van der Waals surface area contributed by atoms with Crippen molar-refractivity contribution >= 4 is 17.1 Å². The number of H-pyrrole nitrogens is 1. The maximum absolute atomic E-state index is 15.2. The van der Waals surface area contributed by atoms with Crippen molar-refractivity contribution in [2.45, 2.75) is 44.1 Å². The Morgan fingerprint density at radius 1 is 1.05 bits per heavy atom. The highest BCUT2D eigenvalue weighted by Gasteiger charge is 2.61. The Morgan fingerprint density at radius 2 is 1.76 bits per heavy atom. The number of hydrogen-bond acceptors (Lipinski definition) is 5. The van der Waals surface area contributed by atoms with Crippen LogP contribution in [-0.4, -0.2) is 45.5 Å². The van der Waals surface area contributed by atoms with Gasteiger partial charge in [-0.1, -0.05) is 29.8 Å². The molecule has 2 N–H and O–H groups in total. The third kappa shape index (κ3) is 5.48. The largest absolute Gasteiger partial charge is 0.493 e. The Hall–Kier alpha value is -3.97. The molecule has 1 atom stereocenters. The quantitative estimate of drug-likeness (QED) is 0.314. The number of nitrogens with zero attached hydrogens (tertiary/aromatic N) is 3. The van der Waals surface area contributed by atoms with Gasteiger partial charge in [0.15, 0.2) is 5.54 Å². The maximum atomic E-state index is 15.2. The second-order valence-corrected chi connectivity index (χ2v) is 8.70. The molecule has 2 aromatic carbocycles. The maximum Gasteiger partial charge on any atom is 0.416 e. The SMILES string of the molecule is Cc1ccc(C2=C(c3nn[nH]n3)C(=O)NC(c3ccc(OCCCC(F)(F)F)cc3F)(C(F)(F)F)C2)cc1. The number of aryl methyl sites for hydroxylation is 1. The second kappa shape index (κ2) is 10.1. The number of nitrogens with one attached hydrogen (secondary N) is 2.